The number of carbonyl (C=O) groups is 4. The van der Waals surface area contributed by atoms with Crippen LogP contribution in [0.25, 0.3) is 0 Å². The van der Waals surface area contributed by atoms with E-state index in [2.05, 4.69) is 5.32 Å². The Hall–Kier alpha value is -2.42. The van der Waals surface area contributed by atoms with Crippen molar-refractivity contribution in [1.29, 1.82) is 0 Å². The number of hydrogen-bond acceptors (Lipinski definition) is 5. The Bertz CT molecular complexity index is 661. The van der Waals surface area contributed by atoms with Crippen molar-refractivity contribution in [3.05, 3.63) is 22.4 Å². The van der Waals surface area contributed by atoms with Crippen molar-refractivity contribution in [1.82, 2.24) is 15.1 Å². The van der Waals surface area contributed by atoms with Crippen LogP contribution < -0.4 is 5.32 Å². The predicted molar refractivity (Wildman–Crippen MR) is 95.9 cm³/mol. The number of thiophene rings is 1. The summed E-state index contributed by atoms with van der Waals surface area (Å²) in [4.78, 5) is 50.5. The molecule has 1 aliphatic rings. The molecule has 2 rings (SSSR count). The molecule has 26 heavy (non-hydrogen) atoms. The first-order valence-corrected chi connectivity index (χ1v) is 9.35. The number of rotatable bonds is 6. The number of nitrogens with zero attached hydrogens (tertiary/aromatic N) is 2. The van der Waals surface area contributed by atoms with Crippen LogP contribution in [-0.2, 0) is 14.4 Å². The summed E-state index contributed by atoms with van der Waals surface area (Å²) in [7, 11) is 0. The Kier molecular flexibility index (Phi) is 7.14. The van der Waals surface area contributed by atoms with Crippen molar-refractivity contribution < 1.29 is 24.3 Å². The normalized spacial score (nSPS) is 17.3. The third kappa shape index (κ3) is 5.55. The third-order valence-corrected chi connectivity index (χ3v) is 5.21. The zero-order valence-electron chi connectivity index (χ0n) is 14.6. The highest BCUT2D eigenvalue weighted by Gasteiger charge is 2.27. The molecule has 1 aliphatic heterocycles. The van der Waals surface area contributed by atoms with Gasteiger partial charge in [0.25, 0.3) is 5.91 Å². The molecule has 1 fully saturated rings. The van der Waals surface area contributed by atoms with Crippen LogP contribution in [0.5, 0.6) is 0 Å². The first kappa shape index (κ1) is 19.9. The van der Waals surface area contributed by atoms with E-state index in [4.69, 9.17) is 5.11 Å². The Labute approximate surface area is 155 Å². The molecule has 0 aliphatic carbocycles. The zero-order chi connectivity index (χ0) is 19.1. The minimum atomic E-state index is -1.05. The molecule has 1 saturated heterocycles. The van der Waals surface area contributed by atoms with Gasteiger partial charge >= 0.3 is 5.97 Å². The van der Waals surface area contributed by atoms with Gasteiger partial charge in [-0.2, -0.15) is 0 Å². The van der Waals surface area contributed by atoms with Gasteiger partial charge in [0.1, 0.15) is 6.54 Å². The molecule has 9 heteroatoms. The van der Waals surface area contributed by atoms with Gasteiger partial charge in [0.05, 0.1) is 11.4 Å². The smallest absolute Gasteiger partial charge is 0.323 e. The molecule has 2 N–H and O–H groups in total. The van der Waals surface area contributed by atoms with Crippen LogP contribution >= 0.6 is 11.3 Å². The summed E-state index contributed by atoms with van der Waals surface area (Å²) >= 11 is 1.31. The molecule has 2 heterocycles. The van der Waals surface area contributed by atoms with E-state index in [9.17, 15) is 19.2 Å². The van der Waals surface area contributed by atoms with Crippen LogP contribution in [-0.4, -0.2) is 70.8 Å². The topological polar surface area (TPSA) is 107 Å². The van der Waals surface area contributed by atoms with Gasteiger partial charge in [-0.15, -0.1) is 11.3 Å². The van der Waals surface area contributed by atoms with E-state index in [-0.39, 0.29) is 36.9 Å². The van der Waals surface area contributed by atoms with Crippen LogP contribution in [0.4, 0.5) is 0 Å². The summed E-state index contributed by atoms with van der Waals surface area (Å²) in [5, 5.41) is 13.4. The van der Waals surface area contributed by atoms with E-state index in [1.165, 1.54) is 23.2 Å². The first-order valence-electron chi connectivity index (χ1n) is 8.47. The van der Waals surface area contributed by atoms with Gasteiger partial charge in [-0.3, -0.25) is 19.2 Å². The number of hydrogen-bond donors (Lipinski definition) is 2. The van der Waals surface area contributed by atoms with Crippen molar-refractivity contribution >= 4 is 35.0 Å². The number of nitrogens with one attached hydrogen (secondary N) is 1. The Morgan fingerprint density at radius 3 is 2.69 bits per heavy atom. The molecule has 0 radical (unpaired) electrons. The van der Waals surface area contributed by atoms with Gasteiger partial charge < -0.3 is 20.2 Å². The monoisotopic (exact) mass is 381 g/mol. The quantitative estimate of drug-likeness (QED) is 0.758. The summed E-state index contributed by atoms with van der Waals surface area (Å²) in [6.45, 7) is 1.92. The summed E-state index contributed by atoms with van der Waals surface area (Å²) in [6, 6.07) is 3.27. The molecule has 8 nitrogen and oxygen atoms in total. The van der Waals surface area contributed by atoms with Gasteiger partial charge in [0, 0.05) is 26.1 Å². The second-order valence-electron chi connectivity index (χ2n) is 6.17. The number of carbonyl (C=O) groups excluding carboxylic acids is 3. The van der Waals surface area contributed by atoms with Gasteiger partial charge in [0.2, 0.25) is 11.8 Å². The average molecular weight is 381 g/mol. The van der Waals surface area contributed by atoms with E-state index in [0.29, 0.717) is 37.2 Å². The lowest BCUT2D eigenvalue weighted by Crippen LogP contribution is -2.43. The lowest BCUT2D eigenvalue weighted by atomic mass is 10.1. The number of carboxylic acid groups (broad SMARTS) is 1. The predicted octanol–water partition coefficient (Wildman–Crippen LogP) is 0.792. The maximum Gasteiger partial charge on any atom is 0.323 e. The second-order valence-corrected chi connectivity index (χ2v) is 7.11. The lowest BCUT2D eigenvalue weighted by molar-refractivity contribution is -0.145. The van der Waals surface area contributed by atoms with E-state index in [0.717, 1.165) is 0 Å². The average Bonchev–Trinajstić information content (AvgIpc) is 3.02. The van der Waals surface area contributed by atoms with Crippen LogP contribution in [0, 0.1) is 0 Å². The van der Waals surface area contributed by atoms with Crippen molar-refractivity contribution in [2.75, 3.05) is 26.2 Å². The number of likely N-dealkylation sites (tertiary alicyclic amines) is 1. The fraction of sp³-hybridized carbons (Fsp3) is 0.529. The SMILES string of the molecule is CC(=O)N(CC(=O)O)C1CCCN(C(=O)CNC(=O)c2cccs2)CC1. The number of aliphatic carboxylic acids is 1. The highest BCUT2D eigenvalue weighted by atomic mass is 32.1. The Morgan fingerprint density at radius 1 is 1.31 bits per heavy atom. The lowest BCUT2D eigenvalue weighted by Gasteiger charge is -2.28. The summed E-state index contributed by atoms with van der Waals surface area (Å²) in [5.74, 6) is -1.78. The van der Waals surface area contributed by atoms with Crippen molar-refractivity contribution in [2.24, 2.45) is 0 Å². The first-order chi connectivity index (χ1) is 12.4. The molecule has 0 saturated carbocycles. The van der Waals surface area contributed by atoms with Gasteiger partial charge in [-0.1, -0.05) is 6.07 Å². The Morgan fingerprint density at radius 2 is 2.08 bits per heavy atom. The van der Waals surface area contributed by atoms with Crippen LogP contribution in [0.1, 0.15) is 35.9 Å². The molecule has 3 amide bonds. The Balaban J connectivity index is 1.86. The van der Waals surface area contributed by atoms with Gasteiger partial charge in [-0.05, 0) is 30.7 Å². The van der Waals surface area contributed by atoms with E-state index >= 15 is 0 Å². The highest BCUT2D eigenvalue weighted by Crippen LogP contribution is 2.17. The molecule has 0 bridgehead atoms. The fourth-order valence-electron chi connectivity index (χ4n) is 3.05. The minimum absolute atomic E-state index is 0.0764. The molecule has 0 spiro atoms. The molecule has 1 atom stereocenters. The molecule has 142 valence electrons. The van der Waals surface area contributed by atoms with E-state index in [1.807, 2.05) is 0 Å². The van der Waals surface area contributed by atoms with E-state index in [1.54, 1.807) is 22.4 Å². The van der Waals surface area contributed by atoms with E-state index < -0.39 is 5.97 Å². The maximum absolute atomic E-state index is 12.4. The highest BCUT2D eigenvalue weighted by molar-refractivity contribution is 7.12. The zero-order valence-corrected chi connectivity index (χ0v) is 15.5. The van der Waals surface area contributed by atoms with Crippen LogP contribution in [0.3, 0.4) is 0 Å². The molecule has 1 aromatic rings. The molecule has 0 aromatic carbocycles. The van der Waals surface area contributed by atoms with Crippen molar-refractivity contribution in [2.45, 2.75) is 32.2 Å². The van der Waals surface area contributed by atoms with Crippen LogP contribution in [0.2, 0.25) is 0 Å². The standard InChI is InChI=1S/C17H23N3O5S/c1-12(21)20(11-16(23)24)13-4-2-7-19(8-6-13)15(22)10-18-17(25)14-5-3-9-26-14/h3,5,9,13H,2,4,6-8,10-11H2,1H3,(H,18,25)(H,23,24). The molecular formula is C17H23N3O5S. The number of amides is 3. The second kappa shape index (κ2) is 9.33. The minimum Gasteiger partial charge on any atom is -0.480 e. The summed E-state index contributed by atoms with van der Waals surface area (Å²) < 4.78 is 0. The van der Waals surface area contributed by atoms with Gasteiger partial charge in [-0.25, -0.2) is 0 Å². The molecule has 1 aromatic heterocycles. The maximum atomic E-state index is 12.4. The van der Waals surface area contributed by atoms with Gasteiger partial charge in [0.15, 0.2) is 0 Å². The summed E-state index contributed by atoms with van der Waals surface area (Å²) in [5.41, 5.74) is 0. The summed E-state index contributed by atoms with van der Waals surface area (Å²) in [6.07, 6.45) is 1.86. The van der Waals surface area contributed by atoms with Crippen molar-refractivity contribution in [3.8, 4) is 0 Å². The molecule has 1 unspecified atom stereocenters. The molecular weight excluding hydrogens is 358 g/mol. The number of carboxylic acids is 1. The largest absolute Gasteiger partial charge is 0.480 e. The fourth-order valence-corrected chi connectivity index (χ4v) is 3.69. The third-order valence-electron chi connectivity index (χ3n) is 4.35. The van der Waals surface area contributed by atoms with Crippen LogP contribution in [0.15, 0.2) is 17.5 Å². The van der Waals surface area contributed by atoms with Crippen molar-refractivity contribution in [3.63, 3.8) is 0 Å².